The second-order valence-corrected chi connectivity index (χ2v) is 4.47. The van der Waals surface area contributed by atoms with Crippen molar-refractivity contribution < 1.29 is 20.1 Å². The molecule has 1 aromatic heterocycles. The van der Waals surface area contributed by atoms with E-state index in [2.05, 4.69) is 6.58 Å². The zero-order valence-corrected chi connectivity index (χ0v) is 10.6. The summed E-state index contributed by atoms with van der Waals surface area (Å²) in [6, 6.07) is 1.15. The van der Waals surface area contributed by atoms with E-state index in [1.165, 1.54) is 12.3 Å². The number of ether oxygens (including phenoxy) is 1. The van der Waals surface area contributed by atoms with E-state index in [4.69, 9.17) is 9.84 Å². The highest BCUT2D eigenvalue weighted by atomic mass is 16.6. The summed E-state index contributed by atoms with van der Waals surface area (Å²) >= 11 is 0. The van der Waals surface area contributed by atoms with E-state index >= 15 is 0 Å². The third kappa shape index (κ3) is 2.34. The minimum atomic E-state index is -1.38. The molecule has 1 saturated heterocycles. The van der Waals surface area contributed by atoms with Gasteiger partial charge in [-0.05, 0) is 0 Å². The Hall–Kier alpha value is -1.74. The quantitative estimate of drug-likeness (QED) is 0.541. The summed E-state index contributed by atoms with van der Waals surface area (Å²) in [4.78, 5) is 23.7. The maximum absolute atomic E-state index is 12.2. The number of aliphatic hydroxyl groups is 3. The fraction of sp³-hybridized carbons (Fsp3) is 0.500. The molecule has 2 rings (SSSR count). The first-order valence-electron chi connectivity index (χ1n) is 6.06. The van der Waals surface area contributed by atoms with Crippen molar-refractivity contribution in [3.63, 3.8) is 0 Å². The third-order valence-electron chi connectivity index (χ3n) is 3.20. The Morgan fingerprint density at radius 1 is 1.35 bits per heavy atom. The molecule has 4 atom stereocenters. The number of hydrogen-bond acceptors (Lipinski definition) is 6. The number of nitrogens with zero attached hydrogens (tertiary/aromatic N) is 2. The van der Waals surface area contributed by atoms with Crippen LogP contribution in [-0.4, -0.2) is 49.4 Å². The van der Waals surface area contributed by atoms with Gasteiger partial charge in [0, 0.05) is 18.8 Å². The Morgan fingerprint density at radius 2 is 2.05 bits per heavy atom. The molecule has 8 nitrogen and oxygen atoms in total. The number of aliphatic hydroxyl groups excluding tert-OH is 3. The lowest BCUT2D eigenvalue weighted by Gasteiger charge is -2.18. The Bertz CT molecular complexity index is 607. The molecule has 2 heterocycles. The summed E-state index contributed by atoms with van der Waals surface area (Å²) in [5.74, 6) is 0. The molecule has 4 unspecified atom stereocenters. The van der Waals surface area contributed by atoms with E-state index in [1.54, 1.807) is 0 Å². The van der Waals surface area contributed by atoms with Crippen molar-refractivity contribution in [1.82, 2.24) is 9.13 Å². The predicted octanol–water partition coefficient (Wildman–Crippen LogP) is -2.19. The van der Waals surface area contributed by atoms with Crippen LogP contribution >= 0.6 is 0 Å². The molecule has 3 N–H and O–H groups in total. The molecular weight excluding hydrogens is 268 g/mol. The highest BCUT2D eigenvalue weighted by molar-refractivity contribution is 4.95. The maximum Gasteiger partial charge on any atom is 0.333 e. The van der Waals surface area contributed by atoms with E-state index in [-0.39, 0.29) is 6.54 Å². The van der Waals surface area contributed by atoms with Crippen LogP contribution in [0.4, 0.5) is 0 Å². The number of aromatic nitrogens is 2. The van der Waals surface area contributed by atoms with Crippen LogP contribution in [0, 0.1) is 0 Å². The van der Waals surface area contributed by atoms with Gasteiger partial charge in [-0.1, -0.05) is 6.08 Å². The Balaban J connectivity index is 2.44. The summed E-state index contributed by atoms with van der Waals surface area (Å²) < 4.78 is 7.17. The van der Waals surface area contributed by atoms with E-state index in [1.807, 2.05) is 0 Å². The molecule has 1 aliphatic rings. The number of allylic oxidation sites excluding steroid dienone is 1. The van der Waals surface area contributed by atoms with Crippen molar-refractivity contribution in [2.24, 2.45) is 0 Å². The molecule has 0 spiro atoms. The van der Waals surface area contributed by atoms with Gasteiger partial charge in [-0.2, -0.15) is 0 Å². The van der Waals surface area contributed by atoms with E-state index in [0.29, 0.717) is 0 Å². The van der Waals surface area contributed by atoms with Crippen molar-refractivity contribution in [1.29, 1.82) is 0 Å². The van der Waals surface area contributed by atoms with Crippen LogP contribution in [0.5, 0.6) is 0 Å². The largest absolute Gasteiger partial charge is 0.394 e. The normalized spacial score (nSPS) is 29.6. The van der Waals surface area contributed by atoms with Gasteiger partial charge in [0.2, 0.25) is 0 Å². The third-order valence-corrected chi connectivity index (χ3v) is 3.20. The maximum atomic E-state index is 12.2. The highest BCUT2D eigenvalue weighted by Gasteiger charge is 2.43. The molecule has 0 aliphatic carbocycles. The van der Waals surface area contributed by atoms with E-state index in [0.717, 1.165) is 15.2 Å². The van der Waals surface area contributed by atoms with Crippen molar-refractivity contribution in [3.8, 4) is 0 Å². The highest BCUT2D eigenvalue weighted by Crippen LogP contribution is 2.27. The smallest absolute Gasteiger partial charge is 0.333 e. The lowest BCUT2D eigenvalue weighted by atomic mass is 10.1. The van der Waals surface area contributed by atoms with E-state index < -0.39 is 42.4 Å². The van der Waals surface area contributed by atoms with Crippen molar-refractivity contribution in [3.05, 3.63) is 45.8 Å². The molecule has 110 valence electrons. The summed E-state index contributed by atoms with van der Waals surface area (Å²) in [6.07, 6.45) is -2.25. The standard InChI is InChI=1S/C12H16N2O6/c1-2-4-13-8(16)3-5-14(12(13)19)11-10(18)9(17)7(6-15)20-11/h2-3,5,7,9-11,15,17-18H,1,4,6H2. The lowest BCUT2D eigenvalue weighted by Crippen LogP contribution is -2.42. The average molecular weight is 284 g/mol. The van der Waals surface area contributed by atoms with Crippen molar-refractivity contribution >= 4 is 0 Å². The average Bonchev–Trinajstić information content (AvgIpc) is 2.71. The van der Waals surface area contributed by atoms with Gasteiger partial charge < -0.3 is 20.1 Å². The fourth-order valence-corrected chi connectivity index (χ4v) is 2.13. The molecule has 0 saturated carbocycles. The first kappa shape index (κ1) is 14.7. The first-order chi connectivity index (χ1) is 9.51. The van der Waals surface area contributed by atoms with E-state index in [9.17, 15) is 19.8 Å². The molecule has 0 radical (unpaired) electrons. The second-order valence-electron chi connectivity index (χ2n) is 4.47. The van der Waals surface area contributed by atoms with Crippen LogP contribution < -0.4 is 11.2 Å². The van der Waals surface area contributed by atoms with Gasteiger partial charge in [-0.25, -0.2) is 4.79 Å². The lowest BCUT2D eigenvalue weighted by molar-refractivity contribution is -0.0555. The zero-order chi connectivity index (χ0) is 14.9. The molecule has 0 bridgehead atoms. The minimum absolute atomic E-state index is 0.0211. The Labute approximate surface area is 113 Å². The molecule has 1 aromatic rings. The Kier molecular flexibility index (Phi) is 4.19. The summed E-state index contributed by atoms with van der Waals surface area (Å²) in [7, 11) is 0. The summed E-state index contributed by atoms with van der Waals surface area (Å²) in [6.45, 7) is 2.99. The molecule has 1 fully saturated rings. The van der Waals surface area contributed by atoms with Crippen LogP contribution in [0.25, 0.3) is 0 Å². The van der Waals surface area contributed by atoms with Crippen molar-refractivity contribution in [2.75, 3.05) is 6.61 Å². The zero-order valence-electron chi connectivity index (χ0n) is 10.6. The summed E-state index contributed by atoms with van der Waals surface area (Å²) in [5.41, 5.74) is -1.19. The van der Waals surface area contributed by atoms with Gasteiger partial charge in [0.05, 0.1) is 6.61 Å². The predicted molar refractivity (Wildman–Crippen MR) is 68.2 cm³/mol. The van der Waals surface area contributed by atoms with Gasteiger partial charge >= 0.3 is 5.69 Å². The topological polar surface area (TPSA) is 114 Å². The molecule has 20 heavy (non-hydrogen) atoms. The van der Waals surface area contributed by atoms with Crippen LogP contribution in [0.2, 0.25) is 0 Å². The second kappa shape index (κ2) is 5.71. The molecule has 8 heteroatoms. The molecule has 1 aliphatic heterocycles. The van der Waals surface area contributed by atoms with Gasteiger partial charge in [-0.15, -0.1) is 6.58 Å². The molecule has 0 amide bonds. The van der Waals surface area contributed by atoms with Crippen LogP contribution in [0.15, 0.2) is 34.5 Å². The van der Waals surface area contributed by atoms with Crippen LogP contribution in [0.1, 0.15) is 6.23 Å². The fourth-order valence-electron chi connectivity index (χ4n) is 2.13. The number of rotatable bonds is 4. The summed E-state index contributed by atoms with van der Waals surface area (Å²) in [5, 5.41) is 28.6. The van der Waals surface area contributed by atoms with Gasteiger partial charge in [-0.3, -0.25) is 13.9 Å². The van der Waals surface area contributed by atoms with Crippen LogP contribution in [0.3, 0.4) is 0 Å². The van der Waals surface area contributed by atoms with Crippen LogP contribution in [-0.2, 0) is 11.3 Å². The SMILES string of the molecule is C=CCn1c(=O)ccn(C2OC(CO)C(O)C2O)c1=O. The monoisotopic (exact) mass is 284 g/mol. The molecular formula is C12H16N2O6. The molecule has 0 aromatic carbocycles. The van der Waals surface area contributed by atoms with Gasteiger partial charge in [0.1, 0.15) is 18.3 Å². The van der Waals surface area contributed by atoms with Gasteiger partial charge in [0.15, 0.2) is 6.23 Å². The minimum Gasteiger partial charge on any atom is -0.394 e. The number of hydrogen-bond donors (Lipinski definition) is 3. The van der Waals surface area contributed by atoms with Gasteiger partial charge in [0.25, 0.3) is 5.56 Å². The first-order valence-corrected chi connectivity index (χ1v) is 6.06. The van der Waals surface area contributed by atoms with Crippen molar-refractivity contribution in [2.45, 2.75) is 31.1 Å². The Morgan fingerprint density at radius 3 is 2.60 bits per heavy atom.